The fraction of sp³-hybridized carbons (Fsp3) is 0.318. The number of sulfonamides is 1. The van der Waals surface area contributed by atoms with Gasteiger partial charge in [0.2, 0.25) is 21.8 Å². The Balaban J connectivity index is 1.70. The lowest BCUT2D eigenvalue weighted by Crippen LogP contribution is -2.51. The van der Waals surface area contributed by atoms with E-state index >= 15 is 0 Å². The van der Waals surface area contributed by atoms with E-state index in [0.29, 0.717) is 24.1 Å². The summed E-state index contributed by atoms with van der Waals surface area (Å²) in [7, 11) is -3.88. The Kier molecular flexibility index (Phi) is 7.79. The second-order valence-electron chi connectivity index (χ2n) is 7.64. The van der Waals surface area contributed by atoms with Crippen LogP contribution in [0.4, 0.5) is 5.69 Å². The van der Waals surface area contributed by atoms with Crippen LogP contribution in [0.1, 0.15) is 18.4 Å². The molecule has 0 aromatic heterocycles. The van der Waals surface area contributed by atoms with Gasteiger partial charge in [-0.2, -0.15) is 4.31 Å². The predicted octanol–water partition coefficient (Wildman–Crippen LogP) is 0.549. The second-order valence-corrected chi connectivity index (χ2v) is 9.53. The molecule has 1 aliphatic rings. The maximum absolute atomic E-state index is 13.0. The predicted molar refractivity (Wildman–Crippen MR) is 121 cm³/mol. The van der Waals surface area contributed by atoms with Crippen molar-refractivity contribution in [1.82, 2.24) is 9.62 Å². The van der Waals surface area contributed by atoms with Crippen LogP contribution in [0.25, 0.3) is 0 Å². The van der Waals surface area contributed by atoms with Crippen molar-refractivity contribution in [2.45, 2.75) is 36.2 Å². The number of nitrogens with two attached hydrogens (primary N) is 1. The highest BCUT2D eigenvalue weighted by atomic mass is 32.2. The quantitative estimate of drug-likeness (QED) is 0.413. The van der Waals surface area contributed by atoms with Gasteiger partial charge in [-0.3, -0.25) is 9.59 Å². The molecule has 2 aromatic rings. The number of carboxylic acids is 1. The summed E-state index contributed by atoms with van der Waals surface area (Å²) in [6, 6.07) is 12.1. The van der Waals surface area contributed by atoms with E-state index in [4.69, 9.17) is 5.73 Å². The Labute approximate surface area is 191 Å². The fourth-order valence-electron chi connectivity index (χ4n) is 3.66. The molecule has 0 aliphatic carbocycles. The Bertz CT molecular complexity index is 1110. The van der Waals surface area contributed by atoms with E-state index in [2.05, 4.69) is 10.6 Å². The van der Waals surface area contributed by atoms with Crippen molar-refractivity contribution in [2.75, 3.05) is 18.4 Å². The monoisotopic (exact) mass is 474 g/mol. The van der Waals surface area contributed by atoms with Crippen LogP contribution in [0.5, 0.6) is 0 Å². The SMILES string of the molecule is NCC(=O)Nc1ccc(CC(NC(=O)[C@@H]2CCCN2S(=O)(=O)c2ccccc2)C(=O)O)cc1. The summed E-state index contributed by atoms with van der Waals surface area (Å²) in [5.41, 5.74) is 6.39. The molecule has 1 fully saturated rings. The van der Waals surface area contributed by atoms with Gasteiger partial charge in [-0.1, -0.05) is 30.3 Å². The summed E-state index contributed by atoms with van der Waals surface area (Å²) in [6.45, 7) is 0.0239. The Morgan fingerprint density at radius 2 is 1.76 bits per heavy atom. The van der Waals surface area contributed by atoms with E-state index in [1.807, 2.05) is 0 Å². The summed E-state index contributed by atoms with van der Waals surface area (Å²) in [4.78, 5) is 36.1. The molecule has 2 amide bonds. The highest BCUT2D eigenvalue weighted by molar-refractivity contribution is 7.89. The lowest BCUT2D eigenvalue weighted by Gasteiger charge is -2.25. The molecule has 1 heterocycles. The summed E-state index contributed by atoms with van der Waals surface area (Å²) in [6.07, 6.45) is 0.794. The number of hydrogen-bond acceptors (Lipinski definition) is 6. The van der Waals surface area contributed by atoms with Crippen LogP contribution in [0, 0.1) is 0 Å². The van der Waals surface area contributed by atoms with Crippen LogP contribution >= 0.6 is 0 Å². The van der Waals surface area contributed by atoms with Gasteiger partial charge in [-0.15, -0.1) is 0 Å². The van der Waals surface area contributed by atoms with Gasteiger partial charge in [-0.25, -0.2) is 13.2 Å². The fourth-order valence-corrected chi connectivity index (χ4v) is 5.34. The summed E-state index contributed by atoms with van der Waals surface area (Å²) >= 11 is 0. The highest BCUT2D eigenvalue weighted by Crippen LogP contribution is 2.26. The molecule has 10 nitrogen and oxygen atoms in total. The molecule has 33 heavy (non-hydrogen) atoms. The normalized spacial score (nSPS) is 17.3. The molecule has 1 unspecified atom stereocenters. The van der Waals surface area contributed by atoms with E-state index in [0.717, 1.165) is 4.31 Å². The Morgan fingerprint density at radius 1 is 1.09 bits per heavy atom. The molecule has 0 radical (unpaired) electrons. The van der Waals surface area contributed by atoms with Crippen molar-refractivity contribution < 1.29 is 27.9 Å². The van der Waals surface area contributed by atoms with Crippen LogP contribution in [0.15, 0.2) is 59.5 Å². The molecule has 1 aliphatic heterocycles. The number of carboxylic acid groups (broad SMARTS) is 1. The van der Waals surface area contributed by atoms with Crippen LogP contribution in [0.2, 0.25) is 0 Å². The molecular formula is C22H26N4O6S. The Morgan fingerprint density at radius 3 is 2.36 bits per heavy atom. The van der Waals surface area contributed by atoms with E-state index < -0.39 is 34.0 Å². The van der Waals surface area contributed by atoms with Gasteiger partial charge in [0.1, 0.15) is 12.1 Å². The molecule has 3 rings (SSSR count). The zero-order chi connectivity index (χ0) is 24.0. The third kappa shape index (κ3) is 5.95. The lowest BCUT2D eigenvalue weighted by molar-refractivity contribution is -0.142. The van der Waals surface area contributed by atoms with Gasteiger partial charge in [0, 0.05) is 18.7 Å². The van der Waals surface area contributed by atoms with Crippen LogP contribution in [0.3, 0.4) is 0 Å². The van der Waals surface area contributed by atoms with Gasteiger partial charge in [0.25, 0.3) is 0 Å². The molecule has 176 valence electrons. The highest BCUT2D eigenvalue weighted by Gasteiger charge is 2.40. The van der Waals surface area contributed by atoms with Gasteiger partial charge in [0.15, 0.2) is 0 Å². The molecular weight excluding hydrogens is 448 g/mol. The first-order valence-electron chi connectivity index (χ1n) is 10.4. The number of carbonyl (C=O) groups is 3. The number of nitrogens with one attached hydrogen (secondary N) is 2. The van der Waals surface area contributed by atoms with Crippen molar-refractivity contribution >= 4 is 33.5 Å². The first-order valence-corrected chi connectivity index (χ1v) is 11.9. The number of carbonyl (C=O) groups excluding carboxylic acids is 2. The number of benzene rings is 2. The van der Waals surface area contributed by atoms with E-state index in [1.165, 1.54) is 12.1 Å². The van der Waals surface area contributed by atoms with Gasteiger partial charge in [0.05, 0.1) is 11.4 Å². The standard InChI is InChI=1S/C22H26N4O6S/c23-14-20(27)24-16-10-8-15(9-11-16)13-18(22(29)30)25-21(28)19-7-4-12-26(19)33(31,32)17-5-2-1-3-6-17/h1-3,5-6,8-11,18-19H,4,7,12-14,23H2,(H,24,27)(H,25,28)(H,29,30)/t18?,19-/m0/s1. The minimum Gasteiger partial charge on any atom is -0.480 e. The maximum atomic E-state index is 13.0. The van der Waals surface area contributed by atoms with E-state index in [1.54, 1.807) is 42.5 Å². The average Bonchev–Trinajstić information content (AvgIpc) is 3.31. The van der Waals surface area contributed by atoms with Crippen molar-refractivity contribution in [1.29, 1.82) is 0 Å². The first-order chi connectivity index (χ1) is 15.7. The molecule has 11 heteroatoms. The number of amides is 2. The van der Waals surface area contributed by atoms with Crippen LogP contribution < -0.4 is 16.4 Å². The number of nitrogens with zero attached hydrogens (tertiary/aromatic N) is 1. The van der Waals surface area contributed by atoms with Crippen molar-refractivity contribution in [3.05, 3.63) is 60.2 Å². The number of rotatable bonds is 9. The minimum absolute atomic E-state index is 0.00958. The number of hydrogen-bond donors (Lipinski definition) is 4. The molecule has 2 atom stereocenters. The molecule has 2 aromatic carbocycles. The van der Waals surface area contributed by atoms with E-state index in [9.17, 15) is 27.9 Å². The maximum Gasteiger partial charge on any atom is 0.326 e. The largest absolute Gasteiger partial charge is 0.480 e. The zero-order valence-corrected chi connectivity index (χ0v) is 18.6. The van der Waals surface area contributed by atoms with Crippen molar-refractivity contribution in [3.63, 3.8) is 0 Å². The average molecular weight is 475 g/mol. The van der Waals surface area contributed by atoms with Gasteiger partial charge < -0.3 is 21.5 Å². The molecule has 0 saturated carbocycles. The number of aliphatic carboxylic acids is 1. The van der Waals surface area contributed by atoms with Gasteiger partial charge >= 0.3 is 5.97 Å². The zero-order valence-electron chi connectivity index (χ0n) is 17.8. The Hall–Kier alpha value is -3.28. The molecule has 0 spiro atoms. The first kappa shape index (κ1) is 24.4. The molecule has 1 saturated heterocycles. The summed E-state index contributed by atoms with van der Waals surface area (Å²) in [5, 5.41) is 14.7. The summed E-state index contributed by atoms with van der Waals surface area (Å²) in [5.74, 6) is -2.24. The van der Waals surface area contributed by atoms with E-state index in [-0.39, 0.29) is 30.3 Å². The van der Waals surface area contributed by atoms with Crippen LogP contribution in [-0.4, -0.2) is 60.8 Å². The molecule has 0 bridgehead atoms. The second kappa shape index (κ2) is 10.6. The number of anilines is 1. The smallest absolute Gasteiger partial charge is 0.326 e. The third-order valence-corrected chi connectivity index (χ3v) is 7.26. The van der Waals surface area contributed by atoms with Crippen LogP contribution in [-0.2, 0) is 30.8 Å². The third-order valence-electron chi connectivity index (χ3n) is 5.33. The van der Waals surface area contributed by atoms with Crippen molar-refractivity contribution in [2.24, 2.45) is 5.73 Å². The minimum atomic E-state index is -3.88. The summed E-state index contributed by atoms with van der Waals surface area (Å²) < 4.78 is 27.1. The lowest BCUT2D eigenvalue weighted by atomic mass is 10.0. The topological polar surface area (TPSA) is 159 Å². The molecule has 5 N–H and O–H groups in total. The van der Waals surface area contributed by atoms with Crippen molar-refractivity contribution in [3.8, 4) is 0 Å². The van der Waals surface area contributed by atoms with Gasteiger partial charge in [-0.05, 0) is 42.7 Å².